The molecule has 2 heterocycles. The number of aldehydes is 1. The van der Waals surface area contributed by atoms with Crippen LogP contribution in [0.4, 0.5) is 0 Å². The zero-order chi connectivity index (χ0) is 21.5. The fourth-order valence-electron chi connectivity index (χ4n) is 2.09. The third-order valence-corrected chi connectivity index (χ3v) is 3.33. The topological polar surface area (TPSA) is 150 Å². The standard InChI is InChI=1S/C17H16N6O7/c1-25-12-18-13(26-2)21-16(20-12)29-10-5-9(8-24)6-11(7-10)30-17-22-14(27-3)19-15(23-17)28-4/h5-8H,1-4H3. The molecule has 0 amide bonds. The smallest absolute Gasteiger partial charge is 0.331 e. The highest BCUT2D eigenvalue weighted by atomic mass is 16.5. The number of nitrogens with zero attached hydrogens (tertiary/aromatic N) is 6. The fourth-order valence-corrected chi connectivity index (χ4v) is 2.09. The lowest BCUT2D eigenvalue weighted by atomic mass is 10.2. The van der Waals surface area contributed by atoms with Gasteiger partial charge in [-0.1, -0.05) is 0 Å². The summed E-state index contributed by atoms with van der Waals surface area (Å²) in [4.78, 5) is 35.0. The number of hydrogen-bond acceptors (Lipinski definition) is 13. The number of methoxy groups -OCH3 is 4. The molecule has 13 heteroatoms. The van der Waals surface area contributed by atoms with E-state index < -0.39 is 0 Å². The van der Waals surface area contributed by atoms with Crippen molar-refractivity contribution in [3.63, 3.8) is 0 Å². The average Bonchev–Trinajstić information content (AvgIpc) is 2.78. The van der Waals surface area contributed by atoms with Gasteiger partial charge in [-0.2, -0.15) is 0 Å². The molecule has 0 bridgehead atoms. The molecule has 0 saturated carbocycles. The van der Waals surface area contributed by atoms with Crippen LogP contribution in [-0.2, 0) is 0 Å². The molecular formula is C17H16N6O7. The van der Waals surface area contributed by atoms with E-state index in [-0.39, 0.29) is 53.1 Å². The van der Waals surface area contributed by atoms with Crippen LogP contribution in [0.25, 0.3) is 0 Å². The van der Waals surface area contributed by atoms with Crippen LogP contribution in [0.3, 0.4) is 0 Å². The highest BCUT2D eigenvalue weighted by Crippen LogP contribution is 2.29. The van der Waals surface area contributed by atoms with Gasteiger partial charge in [0.2, 0.25) is 0 Å². The molecular weight excluding hydrogens is 400 g/mol. The molecule has 0 unspecified atom stereocenters. The molecule has 0 atom stereocenters. The Bertz CT molecular complexity index is 929. The van der Waals surface area contributed by atoms with E-state index in [1.165, 1.54) is 46.6 Å². The van der Waals surface area contributed by atoms with Gasteiger partial charge in [-0.3, -0.25) is 4.79 Å². The van der Waals surface area contributed by atoms with Crippen molar-refractivity contribution in [2.45, 2.75) is 0 Å². The minimum Gasteiger partial charge on any atom is -0.467 e. The van der Waals surface area contributed by atoms with Crippen LogP contribution in [0.15, 0.2) is 18.2 Å². The van der Waals surface area contributed by atoms with Crippen molar-refractivity contribution in [2.75, 3.05) is 28.4 Å². The van der Waals surface area contributed by atoms with E-state index in [9.17, 15) is 4.79 Å². The van der Waals surface area contributed by atoms with Crippen molar-refractivity contribution in [3.05, 3.63) is 23.8 Å². The van der Waals surface area contributed by atoms with Gasteiger partial charge in [-0.25, -0.2) is 0 Å². The van der Waals surface area contributed by atoms with Gasteiger partial charge in [0.1, 0.15) is 17.8 Å². The molecule has 0 aliphatic rings. The first-order valence-corrected chi connectivity index (χ1v) is 8.21. The van der Waals surface area contributed by atoms with Crippen LogP contribution >= 0.6 is 0 Å². The van der Waals surface area contributed by atoms with Crippen molar-refractivity contribution in [1.29, 1.82) is 0 Å². The summed E-state index contributed by atoms with van der Waals surface area (Å²) in [6.07, 6.45) is 0.614. The lowest BCUT2D eigenvalue weighted by Crippen LogP contribution is -2.02. The molecule has 0 spiro atoms. The number of ether oxygens (including phenoxy) is 6. The zero-order valence-corrected chi connectivity index (χ0v) is 16.4. The second-order valence-corrected chi connectivity index (χ2v) is 5.24. The van der Waals surface area contributed by atoms with Gasteiger partial charge in [-0.15, -0.1) is 29.9 Å². The molecule has 0 aliphatic carbocycles. The van der Waals surface area contributed by atoms with Gasteiger partial charge in [-0.05, 0) is 12.1 Å². The summed E-state index contributed by atoms with van der Waals surface area (Å²) in [5.41, 5.74) is 0.253. The second kappa shape index (κ2) is 9.27. The Balaban J connectivity index is 1.92. The first-order valence-electron chi connectivity index (χ1n) is 8.21. The number of carbonyl (C=O) groups excluding carboxylic acids is 1. The normalized spacial score (nSPS) is 10.1. The summed E-state index contributed by atoms with van der Waals surface area (Å²) < 4.78 is 31.1. The van der Waals surface area contributed by atoms with E-state index >= 15 is 0 Å². The zero-order valence-electron chi connectivity index (χ0n) is 16.4. The van der Waals surface area contributed by atoms with Crippen molar-refractivity contribution >= 4 is 6.29 Å². The summed E-state index contributed by atoms with van der Waals surface area (Å²) in [5.74, 6) is 0.385. The average molecular weight is 416 g/mol. The SMILES string of the molecule is COc1nc(OC)nc(Oc2cc(C=O)cc(Oc3nc(OC)nc(OC)n3)c2)n1. The van der Waals surface area contributed by atoms with Crippen LogP contribution in [0, 0.1) is 0 Å². The molecule has 1 aromatic carbocycles. The highest BCUT2D eigenvalue weighted by Gasteiger charge is 2.13. The van der Waals surface area contributed by atoms with Crippen molar-refractivity contribution in [2.24, 2.45) is 0 Å². The Kier molecular flexibility index (Phi) is 6.32. The number of hydrogen-bond donors (Lipinski definition) is 0. The van der Waals surface area contributed by atoms with Gasteiger partial charge >= 0.3 is 36.1 Å². The summed E-state index contributed by atoms with van der Waals surface area (Å²) >= 11 is 0. The van der Waals surface area contributed by atoms with E-state index in [1.807, 2.05) is 0 Å². The minimum absolute atomic E-state index is 0.00996. The number of carbonyl (C=O) groups is 1. The Labute approximate surface area is 170 Å². The van der Waals surface area contributed by atoms with E-state index in [4.69, 9.17) is 28.4 Å². The highest BCUT2D eigenvalue weighted by molar-refractivity contribution is 5.76. The van der Waals surface area contributed by atoms with E-state index in [0.717, 1.165) is 0 Å². The van der Waals surface area contributed by atoms with Crippen molar-refractivity contribution < 1.29 is 33.2 Å². The number of benzene rings is 1. The Morgan fingerprint density at radius 2 is 0.900 bits per heavy atom. The Morgan fingerprint density at radius 1 is 0.567 bits per heavy atom. The fraction of sp³-hybridized carbons (Fsp3) is 0.235. The van der Waals surface area contributed by atoms with Crippen molar-refractivity contribution in [3.8, 4) is 47.6 Å². The van der Waals surface area contributed by atoms with Crippen LogP contribution in [-0.4, -0.2) is 64.6 Å². The maximum absolute atomic E-state index is 11.3. The van der Waals surface area contributed by atoms with Gasteiger partial charge in [0.15, 0.2) is 0 Å². The molecule has 3 rings (SSSR count). The third kappa shape index (κ3) is 4.95. The first-order chi connectivity index (χ1) is 14.6. The molecule has 0 aliphatic heterocycles. The second-order valence-electron chi connectivity index (χ2n) is 5.24. The third-order valence-electron chi connectivity index (χ3n) is 3.33. The molecule has 13 nitrogen and oxygen atoms in total. The minimum atomic E-state index is -0.115. The van der Waals surface area contributed by atoms with E-state index in [2.05, 4.69) is 29.9 Å². The predicted molar refractivity (Wildman–Crippen MR) is 97.8 cm³/mol. The van der Waals surface area contributed by atoms with Crippen molar-refractivity contribution in [1.82, 2.24) is 29.9 Å². The van der Waals surface area contributed by atoms with Crippen LogP contribution in [0.1, 0.15) is 10.4 Å². The number of rotatable bonds is 9. The van der Waals surface area contributed by atoms with Crippen LogP contribution in [0.2, 0.25) is 0 Å². The molecule has 156 valence electrons. The Hall–Kier alpha value is -4.29. The quantitative estimate of drug-likeness (QED) is 0.464. The van der Waals surface area contributed by atoms with Crippen LogP contribution < -0.4 is 28.4 Å². The maximum Gasteiger partial charge on any atom is 0.331 e. The summed E-state index contributed by atoms with van der Waals surface area (Å²) in [6, 6.07) is 4.11. The molecule has 2 aromatic heterocycles. The lowest BCUT2D eigenvalue weighted by Gasteiger charge is -2.10. The van der Waals surface area contributed by atoms with Crippen LogP contribution in [0.5, 0.6) is 47.6 Å². The lowest BCUT2D eigenvalue weighted by molar-refractivity contribution is 0.112. The summed E-state index contributed by atoms with van der Waals surface area (Å²) in [7, 11) is 5.53. The summed E-state index contributed by atoms with van der Waals surface area (Å²) in [5, 5.41) is 0. The number of aromatic nitrogens is 6. The van der Waals surface area contributed by atoms with Gasteiger partial charge < -0.3 is 28.4 Å². The van der Waals surface area contributed by atoms with Gasteiger partial charge in [0, 0.05) is 11.6 Å². The predicted octanol–water partition coefficient (Wildman–Crippen LogP) is 1.49. The Morgan fingerprint density at radius 3 is 1.20 bits per heavy atom. The molecule has 0 saturated heterocycles. The maximum atomic E-state index is 11.3. The molecule has 30 heavy (non-hydrogen) atoms. The molecule has 0 radical (unpaired) electrons. The first kappa shape index (κ1) is 20.4. The monoisotopic (exact) mass is 416 g/mol. The van der Waals surface area contributed by atoms with Gasteiger partial charge in [0.05, 0.1) is 28.4 Å². The largest absolute Gasteiger partial charge is 0.467 e. The molecule has 0 N–H and O–H groups in total. The van der Waals surface area contributed by atoms with E-state index in [1.54, 1.807) is 0 Å². The molecule has 3 aromatic rings. The molecule has 0 fully saturated rings. The van der Waals surface area contributed by atoms with Gasteiger partial charge in [0.25, 0.3) is 0 Å². The summed E-state index contributed by atoms with van der Waals surface area (Å²) in [6.45, 7) is 0. The van der Waals surface area contributed by atoms with E-state index in [0.29, 0.717) is 6.29 Å².